The predicted octanol–water partition coefficient (Wildman–Crippen LogP) is 3.32. The number of hydrogen-bond acceptors (Lipinski definition) is 4. The van der Waals surface area contributed by atoms with E-state index in [1.54, 1.807) is 30.3 Å². The molecule has 0 saturated carbocycles. The van der Waals surface area contributed by atoms with Crippen LogP contribution >= 0.6 is 0 Å². The molecule has 5 nitrogen and oxygen atoms in total. The highest BCUT2D eigenvalue weighted by Gasteiger charge is 2.22. The van der Waals surface area contributed by atoms with Crippen LogP contribution in [0.1, 0.15) is 28.4 Å². The Labute approximate surface area is 143 Å². The van der Waals surface area contributed by atoms with Gasteiger partial charge in [-0.15, -0.1) is 0 Å². The molecule has 0 spiro atoms. The lowest BCUT2D eigenvalue weighted by atomic mass is 10.0. The van der Waals surface area contributed by atoms with Gasteiger partial charge in [0.05, 0.1) is 25.1 Å². The molecule has 0 saturated heterocycles. The van der Waals surface area contributed by atoms with E-state index in [-0.39, 0.29) is 17.7 Å². The molecular formula is C18H17F2NO4. The molecular weight excluding hydrogens is 332 g/mol. The Morgan fingerprint density at radius 3 is 2.32 bits per heavy atom. The maximum absolute atomic E-state index is 12.5. The van der Waals surface area contributed by atoms with Crippen LogP contribution in [0, 0.1) is 0 Å². The molecule has 7 heteroatoms. The molecule has 2 aromatic rings. The van der Waals surface area contributed by atoms with Crippen molar-refractivity contribution in [1.82, 2.24) is 5.32 Å². The zero-order chi connectivity index (χ0) is 18.2. The van der Waals surface area contributed by atoms with E-state index in [4.69, 9.17) is 0 Å². The summed E-state index contributed by atoms with van der Waals surface area (Å²) in [7, 11) is 1.25. The first-order valence-corrected chi connectivity index (χ1v) is 7.47. The monoisotopic (exact) mass is 349 g/mol. The van der Waals surface area contributed by atoms with Crippen LogP contribution in [0.25, 0.3) is 0 Å². The van der Waals surface area contributed by atoms with Crippen molar-refractivity contribution in [3.63, 3.8) is 0 Å². The summed E-state index contributed by atoms with van der Waals surface area (Å²) in [6.45, 7) is -3.05. The van der Waals surface area contributed by atoms with Gasteiger partial charge in [0.25, 0.3) is 5.91 Å². The average molecular weight is 349 g/mol. The molecule has 0 heterocycles. The van der Waals surface area contributed by atoms with E-state index in [0.29, 0.717) is 5.56 Å². The lowest BCUT2D eigenvalue weighted by Crippen LogP contribution is -2.31. The summed E-state index contributed by atoms with van der Waals surface area (Å²) < 4.78 is 34.0. The van der Waals surface area contributed by atoms with Crippen LogP contribution in [-0.2, 0) is 9.53 Å². The number of carbonyl (C=O) groups is 2. The van der Waals surface area contributed by atoms with Gasteiger partial charge in [-0.1, -0.05) is 42.5 Å². The van der Waals surface area contributed by atoms with Crippen LogP contribution in [0.15, 0.2) is 54.6 Å². The third-order valence-electron chi connectivity index (χ3n) is 3.45. The van der Waals surface area contributed by atoms with Gasteiger partial charge in [-0.05, 0) is 17.7 Å². The number of alkyl halides is 2. The van der Waals surface area contributed by atoms with Crippen molar-refractivity contribution in [3.8, 4) is 5.75 Å². The number of ether oxygens (including phenoxy) is 2. The van der Waals surface area contributed by atoms with E-state index in [1.165, 1.54) is 31.4 Å². The predicted molar refractivity (Wildman–Crippen MR) is 86.4 cm³/mol. The number of amides is 1. The number of carbonyl (C=O) groups excluding carboxylic acids is 2. The molecule has 1 amide bonds. The molecule has 0 radical (unpaired) electrons. The topological polar surface area (TPSA) is 64.6 Å². The first-order chi connectivity index (χ1) is 12.0. The second-order valence-corrected chi connectivity index (χ2v) is 5.09. The van der Waals surface area contributed by atoms with Gasteiger partial charge < -0.3 is 14.8 Å². The molecule has 1 atom stereocenters. The zero-order valence-corrected chi connectivity index (χ0v) is 13.4. The smallest absolute Gasteiger partial charge is 0.387 e. The molecule has 1 N–H and O–H groups in total. The van der Waals surface area contributed by atoms with Gasteiger partial charge in [0.2, 0.25) is 0 Å². The van der Waals surface area contributed by atoms with Crippen LogP contribution in [0.3, 0.4) is 0 Å². The summed E-state index contributed by atoms with van der Waals surface area (Å²) in [5, 5.41) is 2.66. The molecule has 0 aromatic heterocycles. The molecule has 0 fully saturated rings. The molecule has 0 aliphatic heterocycles. The number of hydrogen-bond donors (Lipinski definition) is 1. The highest BCUT2D eigenvalue weighted by molar-refractivity contribution is 5.97. The number of benzene rings is 2. The van der Waals surface area contributed by atoms with Crippen LogP contribution in [0.4, 0.5) is 8.78 Å². The SMILES string of the molecule is COC(=O)C[C@H](NC(=O)c1ccccc1OC(F)F)c1ccccc1. The fourth-order valence-corrected chi connectivity index (χ4v) is 2.28. The third-order valence-corrected chi connectivity index (χ3v) is 3.45. The zero-order valence-electron chi connectivity index (χ0n) is 13.4. The average Bonchev–Trinajstić information content (AvgIpc) is 2.61. The second kappa shape index (κ2) is 8.77. The third kappa shape index (κ3) is 5.27. The van der Waals surface area contributed by atoms with Crippen molar-refractivity contribution >= 4 is 11.9 Å². The van der Waals surface area contributed by atoms with Gasteiger partial charge in [0, 0.05) is 0 Å². The standard InChI is InChI=1S/C18H17F2NO4/c1-24-16(22)11-14(12-7-3-2-4-8-12)21-17(23)13-9-5-6-10-15(13)25-18(19)20/h2-10,14,18H,11H2,1H3,(H,21,23)/t14-/m0/s1. The fourth-order valence-electron chi connectivity index (χ4n) is 2.28. The summed E-state index contributed by atoms with van der Waals surface area (Å²) >= 11 is 0. The Morgan fingerprint density at radius 1 is 1.04 bits per heavy atom. The Morgan fingerprint density at radius 2 is 1.68 bits per heavy atom. The van der Waals surface area contributed by atoms with Crippen molar-refractivity contribution in [2.75, 3.05) is 7.11 Å². The first kappa shape index (κ1) is 18.4. The number of nitrogens with one attached hydrogen (secondary N) is 1. The normalized spacial score (nSPS) is 11.7. The van der Waals surface area contributed by atoms with E-state index < -0.39 is 24.5 Å². The fraction of sp³-hybridized carbons (Fsp3) is 0.222. The molecule has 2 rings (SSSR count). The highest BCUT2D eigenvalue weighted by Crippen LogP contribution is 2.23. The number of methoxy groups -OCH3 is 1. The molecule has 132 valence electrons. The molecule has 0 aliphatic carbocycles. The molecule has 0 bridgehead atoms. The van der Waals surface area contributed by atoms with Crippen molar-refractivity contribution in [3.05, 3.63) is 65.7 Å². The van der Waals surface area contributed by atoms with Gasteiger partial charge in [0.1, 0.15) is 5.75 Å². The maximum Gasteiger partial charge on any atom is 0.387 e. The van der Waals surface area contributed by atoms with Crippen LogP contribution in [-0.4, -0.2) is 25.6 Å². The number of esters is 1. The van der Waals surface area contributed by atoms with E-state index >= 15 is 0 Å². The van der Waals surface area contributed by atoms with Crippen molar-refractivity contribution in [2.24, 2.45) is 0 Å². The van der Waals surface area contributed by atoms with Gasteiger partial charge >= 0.3 is 12.6 Å². The molecule has 2 aromatic carbocycles. The highest BCUT2D eigenvalue weighted by atomic mass is 19.3. The van der Waals surface area contributed by atoms with E-state index in [1.807, 2.05) is 0 Å². The van der Waals surface area contributed by atoms with E-state index in [9.17, 15) is 18.4 Å². The van der Waals surface area contributed by atoms with Crippen molar-refractivity contribution in [2.45, 2.75) is 19.1 Å². The minimum Gasteiger partial charge on any atom is -0.469 e. The quantitative estimate of drug-likeness (QED) is 0.779. The largest absolute Gasteiger partial charge is 0.469 e. The molecule has 25 heavy (non-hydrogen) atoms. The molecule has 0 aliphatic rings. The number of halogens is 2. The van der Waals surface area contributed by atoms with Gasteiger partial charge in [-0.3, -0.25) is 9.59 Å². The van der Waals surface area contributed by atoms with Gasteiger partial charge in [0.15, 0.2) is 0 Å². The summed E-state index contributed by atoms with van der Waals surface area (Å²) in [5.74, 6) is -1.37. The van der Waals surface area contributed by atoms with Crippen LogP contribution < -0.4 is 10.1 Å². The number of rotatable bonds is 7. The summed E-state index contributed by atoms with van der Waals surface area (Å²) in [6.07, 6.45) is -0.0931. The Bertz CT molecular complexity index is 722. The Balaban J connectivity index is 2.24. The Hall–Kier alpha value is -2.96. The van der Waals surface area contributed by atoms with Crippen LogP contribution in [0.2, 0.25) is 0 Å². The second-order valence-electron chi connectivity index (χ2n) is 5.09. The van der Waals surface area contributed by atoms with Crippen LogP contribution in [0.5, 0.6) is 5.75 Å². The lowest BCUT2D eigenvalue weighted by molar-refractivity contribution is -0.141. The van der Waals surface area contributed by atoms with Crippen molar-refractivity contribution < 1.29 is 27.8 Å². The maximum atomic E-state index is 12.5. The summed E-state index contributed by atoms with van der Waals surface area (Å²) in [4.78, 5) is 24.1. The minimum absolute atomic E-state index is 0.0476. The van der Waals surface area contributed by atoms with E-state index in [0.717, 1.165) is 0 Å². The van der Waals surface area contributed by atoms with Crippen molar-refractivity contribution in [1.29, 1.82) is 0 Å². The minimum atomic E-state index is -3.05. The summed E-state index contributed by atoms with van der Waals surface area (Å²) in [6, 6.07) is 13.8. The lowest BCUT2D eigenvalue weighted by Gasteiger charge is -2.19. The van der Waals surface area contributed by atoms with Gasteiger partial charge in [-0.2, -0.15) is 8.78 Å². The molecule has 0 unspecified atom stereocenters. The van der Waals surface area contributed by atoms with E-state index in [2.05, 4.69) is 14.8 Å². The Kier molecular flexibility index (Phi) is 6.45. The number of para-hydroxylation sites is 1. The van der Waals surface area contributed by atoms with Gasteiger partial charge in [-0.25, -0.2) is 0 Å². The first-order valence-electron chi connectivity index (χ1n) is 7.47. The summed E-state index contributed by atoms with van der Waals surface area (Å²) in [5.41, 5.74) is 0.641.